The Morgan fingerprint density at radius 1 is 1.39 bits per heavy atom. The van der Waals surface area contributed by atoms with Crippen molar-refractivity contribution in [1.29, 1.82) is 0 Å². The molecular weight excluding hydrogens is 322 g/mol. The number of anilines is 1. The minimum Gasteiger partial charge on any atom is -0.398 e. The van der Waals surface area contributed by atoms with E-state index >= 15 is 0 Å². The van der Waals surface area contributed by atoms with Crippen molar-refractivity contribution in [1.82, 2.24) is 10.0 Å². The van der Waals surface area contributed by atoms with Crippen molar-refractivity contribution in [2.45, 2.75) is 24.8 Å². The zero-order valence-corrected chi connectivity index (χ0v) is 12.3. The van der Waals surface area contributed by atoms with Crippen molar-refractivity contribution in [3.05, 3.63) is 22.7 Å². The predicted octanol–water partition coefficient (Wildman–Crippen LogP) is 1.43. The standard InChI is InChI=1S/C10H14BrN3O3S/c1-6(2)13-10(15)14-18(16,17)9-5-7(11)3-4-8(9)12/h3-6H,12H2,1-2H3,(H2,13,14,15). The van der Waals surface area contributed by atoms with Gasteiger partial charge in [0.1, 0.15) is 4.90 Å². The lowest BCUT2D eigenvalue weighted by Crippen LogP contribution is -2.42. The highest BCUT2D eigenvalue weighted by Crippen LogP contribution is 2.22. The molecule has 1 aromatic rings. The molecule has 6 nitrogen and oxygen atoms in total. The molecule has 1 aromatic carbocycles. The molecule has 0 saturated carbocycles. The highest BCUT2D eigenvalue weighted by Gasteiger charge is 2.20. The average Bonchev–Trinajstić information content (AvgIpc) is 2.19. The van der Waals surface area contributed by atoms with E-state index in [1.54, 1.807) is 19.9 Å². The van der Waals surface area contributed by atoms with Crippen molar-refractivity contribution in [2.75, 3.05) is 5.73 Å². The van der Waals surface area contributed by atoms with Crippen LogP contribution in [-0.2, 0) is 10.0 Å². The summed E-state index contributed by atoms with van der Waals surface area (Å²) < 4.78 is 26.3. The number of urea groups is 1. The quantitative estimate of drug-likeness (QED) is 0.727. The van der Waals surface area contributed by atoms with E-state index in [1.165, 1.54) is 12.1 Å². The SMILES string of the molecule is CC(C)NC(=O)NS(=O)(=O)c1cc(Br)ccc1N. The summed E-state index contributed by atoms with van der Waals surface area (Å²) in [6, 6.07) is 3.44. The van der Waals surface area contributed by atoms with Crippen molar-refractivity contribution < 1.29 is 13.2 Å². The first-order chi connectivity index (χ1) is 8.22. The van der Waals surface area contributed by atoms with Gasteiger partial charge in [-0.1, -0.05) is 15.9 Å². The predicted molar refractivity (Wildman–Crippen MR) is 72.5 cm³/mol. The van der Waals surface area contributed by atoms with Gasteiger partial charge in [0.25, 0.3) is 10.0 Å². The summed E-state index contributed by atoms with van der Waals surface area (Å²) in [5.74, 6) is 0. The lowest BCUT2D eigenvalue weighted by Gasteiger charge is -2.12. The highest BCUT2D eigenvalue weighted by atomic mass is 79.9. The smallest absolute Gasteiger partial charge is 0.328 e. The molecule has 0 unspecified atom stereocenters. The molecule has 0 aromatic heterocycles. The van der Waals surface area contributed by atoms with Gasteiger partial charge in [0.05, 0.1) is 5.69 Å². The third-order valence-corrected chi connectivity index (χ3v) is 3.79. The number of carbonyl (C=O) groups is 1. The molecule has 0 aliphatic carbocycles. The fourth-order valence-corrected chi connectivity index (χ4v) is 2.80. The highest BCUT2D eigenvalue weighted by molar-refractivity contribution is 9.10. The third kappa shape index (κ3) is 3.88. The Morgan fingerprint density at radius 2 is 2.00 bits per heavy atom. The van der Waals surface area contributed by atoms with Gasteiger partial charge in [-0.15, -0.1) is 0 Å². The fourth-order valence-electron chi connectivity index (χ4n) is 1.21. The molecule has 2 amide bonds. The van der Waals surface area contributed by atoms with Gasteiger partial charge in [-0.2, -0.15) is 0 Å². The van der Waals surface area contributed by atoms with Crippen LogP contribution in [0.25, 0.3) is 0 Å². The number of sulfonamides is 1. The number of nitrogen functional groups attached to an aromatic ring is 1. The van der Waals surface area contributed by atoms with Crippen LogP contribution in [0.2, 0.25) is 0 Å². The summed E-state index contributed by atoms with van der Waals surface area (Å²) in [4.78, 5) is 11.2. The maximum absolute atomic E-state index is 11.9. The molecule has 0 radical (unpaired) electrons. The van der Waals surface area contributed by atoms with Crippen LogP contribution in [0.5, 0.6) is 0 Å². The van der Waals surface area contributed by atoms with Gasteiger partial charge in [0.15, 0.2) is 0 Å². The Kier molecular flexibility index (Phi) is 4.58. The Morgan fingerprint density at radius 3 is 2.56 bits per heavy atom. The molecule has 0 fully saturated rings. The summed E-state index contributed by atoms with van der Waals surface area (Å²) in [7, 11) is -3.98. The van der Waals surface area contributed by atoms with Crippen LogP contribution in [0.1, 0.15) is 13.8 Å². The molecule has 0 atom stereocenters. The molecule has 0 saturated heterocycles. The van der Waals surface area contributed by atoms with Crippen molar-refractivity contribution in [2.24, 2.45) is 0 Å². The van der Waals surface area contributed by atoms with E-state index in [1.807, 2.05) is 4.72 Å². The fraction of sp³-hybridized carbons (Fsp3) is 0.300. The van der Waals surface area contributed by atoms with Gasteiger partial charge in [-0.3, -0.25) is 0 Å². The minimum atomic E-state index is -3.98. The van der Waals surface area contributed by atoms with Crippen molar-refractivity contribution >= 4 is 37.7 Å². The Bertz CT molecular complexity index is 557. The summed E-state index contributed by atoms with van der Waals surface area (Å²) in [6.07, 6.45) is 0. The largest absolute Gasteiger partial charge is 0.398 e. The van der Waals surface area contributed by atoms with E-state index in [9.17, 15) is 13.2 Å². The molecule has 100 valence electrons. The molecule has 0 heterocycles. The van der Waals surface area contributed by atoms with Crippen molar-refractivity contribution in [3.8, 4) is 0 Å². The molecule has 0 aliphatic rings. The molecule has 1 rings (SSSR count). The topological polar surface area (TPSA) is 101 Å². The monoisotopic (exact) mass is 335 g/mol. The van der Waals surface area contributed by atoms with Crippen LogP contribution in [0.15, 0.2) is 27.6 Å². The average molecular weight is 336 g/mol. The number of hydrogen-bond donors (Lipinski definition) is 3. The van der Waals surface area contributed by atoms with Gasteiger partial charge >= 0.3 is 6.03 Å². The van der Waals surface area contributed by atoms with Gasteiger partial charge in [-0.05, 0) is 32.0 Å². The minimum absolute atomic E-state index is 0.0723. The van der Waals surface area contributed by atoms with E-state index in [-0.39, 0.29) is 16.6 Å². The van der Waals surface area contributed by atoms with Crippen LogP contribution in [0.4, 0.5) is 10.5 Å². The molecule has 4 N–H and O–H groups in total. The second-order valence-corrected chi connectivity index (χ2v) is 6.48. The van der Waals surface area contributed by atoms with Crippen LogP contribution < -0.4 is 15.8 Å². The number of benzene rings is 1. The number of hydrogen-bond acceptors (Lipinski definition) is 4. The van der Waals surface area contributed by atoms with E-state index < -0.39 is 16.1 Å². The molecule has 8 heteroatoms. The lowest BCUT2D eigenvalue weighted by atomic mass is 10.3. The zero-order chi connectivity index (χ0) is 13.9. The number of halogens is 1. The summed E-state index contributed by atoms with van der Waals surface area (Å²) in [6.45, 7) is 3.44. The number of carbonyl (C=O) groups excluding carboxylic acids is 1. The Balaban J connectivity index is 3.00. The lowest BCUT2D eigenvalue weighted by molar-refractivity contribution is 0.243. The van der Waals surface area contributed by atoms with E-state index in [4.69, 9.17) is 5.73 Å². The summed E-state index contributed by atoms with van der Waals surface area (Å²) in [5.41, 5.74) is 5.65. The normalized spacial score (nSPS) is 11.3. The first-order valence-electron chi connectivity index (χ1n) is 5.10. The Labute approximate surface area is 114 Å². The molecular formula is C10H14BrN3O3S. The first-order valence-corrected chi connectivity index (χ1v) is 7.38. The number of amides is 2. The third-order valence-electron chi connectivity index (χ3n) is 1.91. The van der Waals surface area contributed by atoms with Crippen LogP contribution >= 0.6 is 15.9 Å². The molecule has 0 spiro atoms. The van der Waals surface area contributed by atoms with Crippen LogP contribution in [0.3, 0.4) is 0 Å². The first kappa shape index (κ1) is 14.8. The van der Waals surface area contributed by atoms with Gasteiger partial charge in [0.2, 0.25) is 0 Å². The maximum atomic E-state index is 11.9. The maximum Gasteiger partial charge on any atom is 0.328 e. The summed E-state index contributed by atoms with van der Waals surface area (Å²) in [5, 5.41) is 2.42. The number of rotatable bonds is 3. The second-order valence-electron chi connectivity index (χ2n) is 3.92. The second kappa shape index (κ2) is 5.57. The van der Waals surface area contributed by atoms with Gasteiger partial charge in [-0.25, -0.2) is 17.9 Å². The molecule has 0 aliphatic heterocycles. The number of nitrogens with two attached hydrogens (primary N) is 1. The van der Waals surface area contributed by atoms with Gasteiger partial charge < -0.3 is 11.1 Å². The van der Waals surface area contributed by atoms with E-state index in [2.05, 4.69) is 21.2 Å². The van der Waals surface area contributed by atoms with Crippen LogP contribution in [-0.4, -0.2) is 20.5 Å². The molecule has 0 bridgehead atoms. The Hall–Kier alpha value is -1.28. The van der Waals surface area contributed by atoms with E-state index in [0.29, 0.717) is 4.47 Å². The van der Waals surface area contributed by atoms with Crippen LogP contribution in [0, 0.1) is 0 Å². The van der Waals surface area contributed by atoms with Crippen molar-refractivity contribution in [3.63, 3.8) is 0 Å². The van der Waals surface area contributed by atoms with Gasteiger partial charge in [0, 0.05) is 10.5 Å². The molecule has 18 heavy (non-hydrogen) atoms. The number of nitrogens with one attached hydrogen (secondary N) is 2. The summed E-state index contributed by atoms with van der Waals surface area (Å²) >= 11 is 3.15. The zero-order valence-electron chi connectivity index (χ0n) is 9.90. The van der Waals surface area contributed by atoms with E-state index in [0.717, 1.165) is 0 Å².